The summed E-state index contributed by atoms with van der Waals surface area (Å²) in [4.78, 5) is 14.2. The van der Waals surface area contributed by atoms with E-state index < -0.39 is 0 Å². The van der Waals surface area contributed by atoms with Crippen LogP contribution in [-0.2, 0) is 9.53 Å². The van der Waals surface area contributed by atoms with Gasteiger partial charge >= 0.3 is 0 Å². The van der Waals surface area contributed by atoms with Crippen molar-refractivity contribution in [2.45, 2.75) is 32.7 Å². The first-order chi connectivity index (χ1) is 8.18. The van der Waals surface area contributed by atoms with Crippen LogP contribution in [0.3, 0.4) is 0 Å². The number of morpholine rings is 1. The fourth-order valence-electron chi connectivity index (χ4n) is 2.73. The van der Waals surface area contributed by atoms with Gasteiger partial charge in [0.05, 0.1) is 13.2 Å². The summed E-state index contributed by atoms with van der Waals surface area (Å²) >= 11 is 0. The third kappa shape index (κ3) is 3.19. The molecule has 2 rings (SSSR count). The van der Waals surface area contributed by atoms with E-state index in [0.717, 1.165) is 50.9 Å². The Kier molecular flexibility index (Phi) is 4.40. The molecule has 0 aromatic carbocycles. The molecule has 2 saturated heterocycles. The lowest BCUT2D eigenvalue weighted by atomic mass is 9.86. The van der Waals surface area contributed by atoms with E-state index in [4.69, 9.17) is 4.74 Å². The van der Waals surface area contributed by atoms with Crippen LogP contribution in [0.2, 0.25) is 0 Å². The van der Waals surface area contributed by atoms with Gasteiger partial charge in [-0.1, -0.05) is 13.8 Å². The van der Waals surface area contributed by atoms with E-state index in [1.165, 1.54) is 0 Å². The predicted molar refractivity (Wildman–Crippen MR) is 66.8 cm³/mol. The number of likely N-dealkylation sites (tertiary alicyclic amines) is 1. The number of piperidine rings is 1. The Balaban J connectivity index is 1.81. The number of amides is 1. The molecule has 4 nitrogen and oxygen atoms in total. The third-order valence-corrected chi connectivity index (χ3v) is 4.01. The Morgan fingerprint density at radius 2 is 2.06 bits per heavy atom. The third-order valence-electron chi connectivity index (χ3n) is 4.01. The summed E-state index contributed by atoms with van der Waals surface area (Å²) in [7, 11) is 0. The lowest BCUT2D eigenvalue weighted by Gasteiger charge is -2.36. The Hall–Kier alpha value is -0.610. The number of ether oxygens (including phenoxy) is 1. The van der Waals surface area contributed by atoms with Crippen LogP contribution < -0.4 is 5.32 Å². The first-order valence-corrected chi connectivity index (χ1v) is 6.78. The number of rotatable bonds is 2. The van der Waals surface area contributed by atoms with Gasteiger partial charge in [0.15, 0.2) is 0 Å². The highest BCUT2D eigenvalue weighted by atomic mass is 16.5. The molecule has 2 aliphatic heterocycles. The second-order valence-electron chi connectivity index (χ2n) is 5.49. The van der Waals surface area contributed by atoms with Crippen molar-refractivity contribution >= 4 is 5.91 Å². The molecule has 1 N–H and O–H groups in total. The molecule has 17 heavy (non-hydrogen) atoms. The number of carbonyl (C=O) groups excluding carboxylic acids is 1. The van der Waals surface area contributed by atoms with Gasteiger partial charge in [-0.05, 0) is 24.7 Å². The van der Waals surface area contributed by atoms with Gasteiger partial charge in [0.2, 0.25) is 5.91 Å². The van der Waals surface area contributed by atoms with Crippen molar-refractivity contribution in [3.05, 3.63) is 0 Å². The normalized spacial score (nSPS) is 27.5. The molecule has 0 aromatic heterocycles. The van der Waals surface area contributed by atoms with Gasteiger partial charge in [-0.3, -0.25) is 4.79 Å². The van der Waals surface area contributed by atoms with Crippen molar-refractivity contribution in [2.75, 3.05) is 32.8 Å². The minimum absolute atomic E-state index is 0.112. The van der Waals surface area contributed by atoms with E-state index >= 15 is 0 Å². The molecule has 2 aliphatic rings. The van der Waals surface area contributed by atoms with Crippen molar-refractivity contribution < 1.29 is 9.53 Å². The summed E-state index contributed by atoms with van der Waals surface area (Å²) in [5.74, 6) is 1.75. The summed E-state index contributed by atoms with van der Waals surface area (Å²) in [6.45, 7) is 8.43. The van der Waals surface area contributed by atoms with E-state index in [-0.39, 0.29) is 11.9 Å². The maximum absolute atomic E-state index is 12.2. The van der Waals surface area contributed by atoms with E-state index in [2.05, 4.69) is 19.2 Å². The van der Waals surface area contributed by atoms with Crippen LogP contribution in [0.1, 0.15) is 26.7 Å². The zero-order chi connectivity index (χ0) is 12.3. The van der Waals surface area contributed by atoms with Crippen molar-refractivity contribution in [2.24, 2.45) is 11.8 Å². The van der Waals surface area contributed by atoms with Gasteiger partial charge in [0.1, 0.15) is 6.04 Å². The van der Waals surface area contributed by atoms with E-state index in [9.17, 15) is 4.79 Å². The lowest BCUT2D eigenvalue weighted by Crippen LogP contribution is -2.54. The van der Waals surface area contributed by atoms with Crippen molar-refractivity contribution in [3.63, 3.8) is 0 Å². The van der Waals surface area contributed by atoms with Crippen molar-refractivity contribution in [3.8, 4) is 0 Å². The zero-order valence-corrected chi connectivity index (χ0v) is 10.9. The molecule has 0 aromatic rings. The minimum Gasteiger partial charge on any atom is -0.378 e. The Morgan fingerprint density at radius 1 is 1.35 bits per heavy atom. The molecular formula is C13H24N2O2. The molecule has 0 spiro atoms. The second-order valence-corrected chi connectivity index (χ2v) is 5.49. The number of hydrogen-bond acceptors (Lipinski definition) is 3. The SMILES string of the molecule is CC(C)C1CCN(C(=O)C2COCCN2)CC1. The van der Waals surface area contributed by atoms with Crippen LogP contribution in [0.5, 0.6) is 0 Å². The molecule has 0 radical (unpaired) electrons. The Bertz CT molecular complexity index is 254. The largest absolute Gasteiger partial charge is 0.378 e. The fraction of sp³-hybridized carbons (Fsp3) is 0.923. The van der Waals surface area contributed by atoms with Crippen molar-refractivity contribution in [1.29, 1.82) is 0 Å². The second kappa shape index (κ2) is 5.83. The monoisotopic (exact) mass is 240 g/mol. The molecule has 4 heteroatoms. The smallest absolute Gasteiger partial charge is 0.242 e. The van der Waals surface area contributed by atoms with Gasteiger partial charge in [0, 0.05) is 19.6 Å². The molecule has 0 aliphatic carbocycles. The number of nitrogens with one attached hydrogen (secondary N) is 1. The van der Waals surface area contributed by atoms with Gasteiger partial charge in [-0.15, -0.1) is 0 Å². The molecular weight excluding hydrogens is 216 g/mol. The van der Waals surface area contributed by atoms with Gasteiger partial charge < -0.3 is 15.0 Å². The Labute approximate surface area is 104 Å². The van der Waals surface area contributed by atoms with Crippen LogP contribution in [0.25, 0.3) is 0 Å². The molecule has 1 unspecified atom stereocenters. The summed E-state index contributed by atoms with van der Waals surface area (Å²) < 4.78 is 5.34. The standard InChI is InChI=1S/C13H24N2O2/c1-10(2)11-3-6-15(7-4-11)13(16)12-9-17-8-5-14-12/h10-12,14H,3-9H2,1-2H3. The summed E-state index contributed by atoms with van der Waals surface area (Å²) in [6.07, 6.45) is 2.30. The first kappa shape index (κ1) is 12.8. The van der Waals surface area contributed by atoms with Gasteiger partial charge in [0.25, 0.3) is 0 Å². The average Bonchev–Trinajstić information content (AvgIpc) is 2.39. The van der Waals surface area contributed by atoms with Crippen molar-refractivity contribution in [1.82, 2.24) is 10.2 Å². The van der Waals surface area contributed by atoms with Crippen LogP contribution in [-0.4, -0.2) is 49.7 Å². The van der Waals surface area contributed by atoms with Crippen LogP contribution >= 0.6 is 0 Å². The molecule has 2 fully saturated rings. The summed E-state index contributed by atoms with van der Waals surface area (Å²) in [5, 5.41) is 3.23. The number of nitrogens with zero attached hydrogens (tertiary/aromatic N) is 1. The van der Waals surface area contributed by atoms with E-state index in [1.54, 1.807) is 0 Å². The average molecular weight is 240 g/mol. The summed E-state index contributed by atoms with van der Waals surface area (Å²) in [5.41, 5.74) is 0. The Morgan fingerprint density at radius 3 is 2.59 bits per heavy atom. The van der Waals surface area contributed by atoms with Crippen LogP contribution in [0.15, 0.2) is 0 Å². The molecule has 1 atom stereocenters. The topological polar surface area (TPSA) is 41.6 Å². The molecule has 2 heterocycles. The highest BCUT2D eigenvalue weighted by Crippen LogP contribution is 2.24. The lowest BCUT2D eigenvalue weighted by molar-refractivity contribution is -0.138. The quantitative estimate of drug-likeness (QED) is 0.778. The zero-order valence-electron chi connectivity index (χ0n) is 10.9. The predicted octanol–water partition coefficient (Wildman–Crippen LogP) is 0.869. The molecule has 0 saturated carbocycles. The maximum Gasteiger partial charge on any atom is 0.242 e. The highest BCUT2D eigenvalue weighted by Gasteiger charge is 2.29. The minimum atomic E-state index is -0.112. The maximum atomic E-state index is 12.2. The highest BCUT2D eigenvalue weighted by molar-refractivity contribution is 5.82. The van der Waals surface area contributed by atoms with Crippen LogP contribution in [0, 0.1) is 11.8 Å². The van der Waals surface area contributed by atoms with Crippen LogP contribution in [0.4, 0.5) is 0 Å². The van der Waals surface area contributed by atoms with Gasteiger partial charge in [-0.25, -0.2) is 0 Å². The fourth-order valence-corrected chi connectivity index (χ4v) is 2.73. The molecule has 0 bridgehead atoms. The first-order valence-electron chi connectivity index (χ1n) is 6.78. The van der Waals surface area contributed by atoms with Gasteiger partial charge in [-0.2, -0.15) is 0 Å². The summed E-state index contributed by atoms with van der Waals surface area (Å²) in [6, 6.07) is -0.112. The van der Waals surface area contributed by atoms with E-state index in [1.807, 2.05) is 4.90 Å². The molecule has 98 valence electrons. The number of hydrogen-bond donors (Lipinski definition) is 1. The molecule has 1 amide bonds. The number of carbonyl (C=O) groups is 1. The van der Waals surface area contributed by atoms with E-state index in [0.29, 0.717) is 6.61 Å².